The van der Waals surface area contributed by atoms with E-state index in [2.05, 4.69) is 36.5 Å². The van der Waals surface area contributed by atoms with Crippen LogP contribution in [0.2, 0.25) is 19.6 Å². The zero-order valence-electron chi connectivity index (χ0n) is 18.9. The Balaban J connectivity index is 5.79. The monoisotopic (exact) mass is 398 g/mol. The molecular formula is C20H38N2O4Si. The Kier molecular flexibility index (Phi) is 8.90. The van der Waals surface area contributed by atoms with Gasteiger partial charge in [-0.2, -0.15) is 0 Å². The molecule has 0 aromatic rings. The van der Waals surface area contributed by atoms with Crippen molar-refractivity contribution >= 4 is 20.3 Å². The van der Waals surface area contributed by atoms with Crippen LogP contribution in [0.5, 0.6) is 0 Å². The number of hydrazine groups is 1. The summed E-state index contributed by atoms with van der Waals surface area (Å²) in [5.74, 6) is 3.47. The SMILES string of the molecule is CC(C)CC(C#C[Si](C)(C)C)N(NC(=O)OC(C)(C)C)C(=O)OC(C)(C)C. The summed E-state index contributed by atoms with van der Waals surface area (Å²) in [6.45, 7) is 21.1. The summed E-state index contributed by atoms with van der Waals surface area (Å²) in [7, 11) is -1.66. The summed E-state index contributed by atoms with van der Waals surface area (Å²) in [5, 5.41) is 1.17. The fourth-order valence-electron chi connectivity index (χ4n) is 1.94. The summed E-state index contributed by atoms with van der Waals surface area (Å²) in [5.41, 5.74) is 4.47. The maximum Gasteiger partial charge on any atom is 0.430 e. The van der Waals surface area contributed by atoms with Crippen molar-refractivity contribution in [3.05, 3.63) is 0 Å². The molecular weight excluding hydrogens is 360 g/mol. The standard InChI is InChI=1S/C20H38N2O4Si/c1-15(2)14-16(12-13-27(9,10)11)22(18(24)26-20(6,7)8)21-17(23)25-19(3,4)5/h15-16H,14H2,1-11H3,(H,21,23). The molecule has 0 rings (SSSR count). The molecule has 0 bridgehead atoms. The molecule has 0 fully saturated rings. The molecule has 6 nitrogen and oxygen atoms in total. The quantitative estimate of drug-likeness (QED) is 0.414. The zero-order chi connectivity index (χ0) is 21.6. The van der Waals surface area contributed by atoms with E-state index in [9.17, 15) is 9.59 Å². The number of carbonyl (C=O) groups is 2. The molecule has 0 aromatic carbocycles. The Morgan fingerprint density at radius 2 is 1.48 bits per heavy atom. The second kappa shape index (κ2) is 9.49. The highest BCUT2D eigenvalue weighted by Crippen LogP contribution is 2.16. The van der Waals surface area contributed by atoms with Crippen LogP contribution in [0.15, 0.2) is 0 Å². The van der Waals surface area contributed by atoms with Crippen LogP contribution in [0.4, 0.5) is 9.59 Å². The predicted molar refractivity (Wildman–Crippen MR) is 112 cm³/mol. The lowest BCUT2D eigenvalue weighted by molar-refractivity contribution is -0.00569. The Labute approximate surface area is 166 Å². The number of nitrogens with one attached hydrogen (secondary N) is 1. The first-order valence-electron chi connectivity index (χ1n) is 9.44. The summed E-state index contributed by atoms with van der Waals surface area (Å²) in [6, 6.07) is -0.501. The maximum absolute atomic E-state index is 12.8. The molecule has 0 heterocycles. The lowest BCUT2D eigenvalue weighted by atomic mass is 10.0. The van der Waals surface area contributed by atoms with E-state index in [1.165, 1.54) is 5.01 Å². The van der Waals surface area contributed by atoms with Gasteiger partial charge in [-0.3, -0.25) is 0 Å². The van der Waals surface area contributed by atoms with Gasteiger partial charge in [-0.1, -0.05) is 39.4 Å². The molecule has 1 N–H and O–H groups in total. The lowest BCUT2D eigenvalue weighted by Gasteiger charge is -2.32. The van der Waals surface area contributed by atoms with E-state index >= 15 is 0 Å². The maximum atomic E-state index is 12.8. The fraction of sp³-hybridized carbons (Fsp3) is 0.800. The Morgan fingerprint density at radius 3 is 1.85 bits per heavy atom. The number of rotatable bonds is 3. The van der Waals surface area contributed by atoms with E-state index in [0.717, 1.165) is 0 Å². The molecule has 1 unspecified atom stereocenters. The van der Waals surface area contributed by atoms with Crippen molar-refractivity contribution in [3.63, 3.8) is 0 Å². The van der Waals surface area contributed by atoms with Gasteiger partial charge in [0.2, 0.25) is 0 Å². The van der Waals surface area contributed by atoms with Gasteiger partial charge in [-0.05, 0) is 53.9 Å². The number of nitrogens with zero attached hydrogens (tertiary/aromatic N) is 1. The number of carbonyl (C=O) groups excluding carboxylic acids is 2. The van der Waals surface area contributed by atoms with Crippen LogP contribution >= 0.6 is 0 Å². The molecule has 27 heavy (non-hydrogen) atoms. The van der Waals surface area contributed by atoms with E-state index in [0.29, 0.717) is 6.42 Å². The van der Waals surface area contributed by atoms with Crippen molar-refractivity contribution in [2.24, 2.45) is 5.92 Å². The van der Waals surface area contributed by atoms with Crippen LogP contribution in [-0.2, 0) is 9.47 Å². The largest absolute Gasteiger partial charge is 0.443 e. The summed E-state index contributed by atoms with van der Waals surface area (Å²) in [6.07, 6.45) is -0.757. The first-order chi connectivity index (χ1) is 11.9. The highest BCUT2D eigenvalue weighted by atomic mass is 28.3. The van der Waals surface area contributed by atoms with Gasteiger partial charge in [-0.25, -0.2) is 20.0 Å². The van der Waals surface area contributed by atoms with Gasteiger partial charge in [0.1, 0.15) is 25.3 Å². The molecule has 2 amide bonds. The van der Waals surface area contributed by atoms with Gasteiger partial charge >= 0.3 is 12.2 Å². The Bertz CT molecular complexity index is 572. The van der Waals surface area contributed by atoms with Gasteiger partial charge in [-0.15, -0.1) is 5.54 Å². The third kappa shape index (κ3) is 13.2. The summed E-state index contributed by atoms with van der Waals surface area (Å²) < 4.78 is 10.8. The summed E-state index contributed by atoms with van der Waals surface area (Å²) in [4.78, 5) is 25.1. The average Bonchev–Trinajstić information content (AvgIpc) is 2.35. The van der Waals surface area contributed by atoms with E-state index in [1.807, 2.05) is 13.8 Å². The van der Waals surface area contributed by atoms with Crippen molar-refractivity contribution in [2.75, 3.05) is 0 Å². The number of ether oxygens (including phenoxy) is 2. The van der Waals surface area contributed by atoms with Crippen LogP contribution in [0.25, 0.3) is 0 Å². The molecule has 156 valence electrons. The molecule has 0 aliphatic rings. The van der Waals surface area contributed by atoms with Crippen LogP contribution in [0.1, 0.15) is 61.8 Å². The van der Waals surface area contributed by atoms with Gasteiger partial charge in [0.05, 0.1) is 0 Å². The van der Waals surface area contributed by atoms with Crippen molar-refractivity contribution in [1.29, 1.82) is 0 Å². The van der Waals surface area contributed by atoms with Crippen molar-refractivity contribution in [3.8, 4) is 11.5 Å². The molecule has 7 heteroatoms. The van der Waals surface area contributed by atoms with Gasteiger partial charge in [0.25, 0.3) is 0 Å². The Hall–Kier alpha value is -1.68. The highest BCUT2D eigenvalue weighted by Gasteiger charge is 2.31. The van der Waals surface area contributed by atoms with Gasteiger partial charge in [0.15, 0.2) is 0 Å². The van der Waals surface area contributed by atoms with Gasteiger partial charge < -0.3 is 9.47 Å². The minimum Gasteiger partial charge on any atom is -0.443 e. The smallest absolute Gasteiger partial charge is 0.430 e. The molecule has 0 spiro atoms. The second-order valence-corrected chi connectivity index (χ2v) is 14.9. The van der Waals surface area contributed by atoms with Gasteiger partial charge in [0, 0.05) is 0 Å². The second-order valence-electron chi connectivity index (χ2n) is 10.1. The molecule has 0 aromatic heterocycles. The highest BCUT2D eigenvalue weighted by molar-refractivity contribution is 6.83. The van der Waals surface area contributed by atoms with Crippen LogP contribution in [-0.4, -0.2) is 42.5 Å². The molecule has 0 saturated carbocycles. The van der Waals surface area contributed by atoms with Crippen LogP contribution < -0.4 is 5.43 Å². The van der Waals surface area contributed by atoms with E-state index < -0.39 is 37.5 Å². The molecule has 0 saturated heterocycles. The number of hydrogen-bond acceptors (Lipinski definition) is 4. The van der Waals surface area contributed by atoms with Crippen LogP contribution in [0.3, 0.4) is 0 Å². The van der Waals surface area contributed by atoms with Crippen LogP contribution in [0, 0.1) is 17.4 Å². The lowest BCUT2D eigenvalue weighted by Crippen LogP contribution is -2.54. The normalized spacial score (nSPS) is 13.3. The number of amides is 2. The zero-order valence-corrected chi connectivity index (χ0v) is 19.9. The third-order valence-corrected chi connectivity index (χ3v) is 3.72. The van der Waals surface area contributed by atoms with E-state index in [-0.39, 0.29) is 5.92 Å². The first-order valence-corrected chi connectivity index (χ1v) is 12.9. The van der Waals surface area contributed by atoms with E-state index in [1.54, 1.807) is 41.5 Å². The predicted octanol–water partition coefficient (Wildman–Crippen LogP) is 4.96. The minimum atomic E-state index is -1.66. The average molecular weight is 399 g/mol. The third-order valence-electron chi connectivity index (χ3n) is 2.82. The molecule has 0 aliphatic carbocycles. The molecule has 1 atom stereocenters. The van der Waals surface area contributed by atoms with Crippen molar-refractivity contribution in [2.45, 2.75) is 98.7 Å². The summed E-state index contributed by atoms with van der Waals surface area (Å²) >= 11 is 0. The van der Waals surface area contributed by atoms with Crippen molar-refractivity contribution < 1.29 is 19.1 Å². The number of hydrogen-bond donors (Lipinski definition) is 1. The molecule has 0 aliphatic heterocycles. The van der Waals surface area contributed by atoms with E-state index in [4.69, 9.17) is 9.47 Å². The first kappa shape index (κ1) is 25.3. The molecule has 0 radical (unpaired) electrons. The topological polar surface area (TPSA) is 67.9 Å². The van der Waals surface area contributed by atoms with Crippen molar-refractivity contribution in [1.82, 2.24) is 10.4 Å². The fourth-order valence-corrected chi connectivity index (χ4v) is 2.54. The minimum absolute atomic E-state index is 0.274. The Morgan fingerprint density at radius 1 is 1.00 bits per heavy atom.